The fourth-order valence-electron chi connectivity index (χ4n) is 4.34. The van der Waals surface area contributed by atoms with Gasteiger partial charge < -0.3 is 15.4 Å². The maximum Gasteiger partial charge on any atom is 0.416 e. The Balaban J connectivity index is 1.53. The number of carbonyl (C=O) groups excluding carboxylic acids is 2. The van der Waals surface area contributed by atoms with Crippen LogP contribution in [-0.2, 0) is 10.9 Å². The predicted molar refractivity (Wildman–Crippen MR) is 115 cm³/mol. The highest BCUT2D eigenvalue weighted by Gasteiger charge is 2.36. The summed E-state index contributed by atoms with van der Waals surface area (Å²) >= 11 is 0. The van der Waals surface area contributed by atoms with Gasteiger partial charge in [-0.2, -0.15) is 13.2 Å². The Morgan fingerprint density at radius 3 is 2.41 bits per heavy atom. The van der Waals surface area contributed by atoms with Crippen LogP contribution < -0.4 is 10.6 Å². The van der Waals surface area contributed by atoms with Crippen LogP contribution in [0.3, 0.4) is 0 Å². The largest absolute Gasteiger partial charge is 0.416 e. The van der Waals surface area contributed by atoms with Gasteiger partial charge in [-0.1, -0.05) is 30.3 Å². The van der Waals surface area contributed by atoms with Crippen LogP contribution >= 0.6 is 0 Å². The van der Waals surface area contributed by atoms with Gasteiger partial charge in [-0.05, 0) is 41.5 Å². The molecule has 174 valence electrons. The minimum atomic E-state index is -4.80. The number of hydrogen-bond acceptors (Lipinski definition) is 3. The number of benzene rings is 3. The van der Waals surface area contributed by atoms with Gasteiger partial charge in [0.05, 0.1) is 24.8 Å². The standard InChI is InChI=1S/C25H18F4N2O3/c26-16-9-13(8-15(10-16)25(27,28)29)23(32)30-20-7-3-6-19-21(20)22(31-24(19)33)18-5-2-1-4-17(18)14-11-34-12-14/h1-10,14,22H,11-12H2,(H,30,32)(H,31,33). The lowest BCUT2D eigenvalue weighted by molar-refractivity contribution is -0.137. The number of ether oxygens (including phenoxy) is 1. The number of hydrogen-bond donors (Lipinski definition) is 2. The molecule has 1 fully saturated rings. The van der Waals surface area contributed by atoms with E-state index in [1.165, 1.54) is 0 Å². The third-order valence-electron chi connectivity index (χ3n) is 6.04. The zero-order chi connectivity index (χ0) is 24.0. The van der Waals surface area contributed by atoms with Gasteiger partial charge in [-0.3, -0.25) is 9.59 Å². The lowest BCUT2D eigenvalue weighted by Crippen LogP contribution is -2.28. The predicted octanol–water partition coefficient (Wildman–Crippen LogP) is 5.04. The number of amides is 2. The van der Waals surface area contributed by atoms with E-state index in [1.54, 1.807) is 18.2 Å². The van der Waals surface area contributed by atoms with Gasteiger partial charge in [0.25, 0.3) is 11.8 Å². The van der Waals surface area contributed by atoms with Crippen molar-refractivity contribution in [2.75, 3.05) is 18.5 Å². The van der Waals surface area contributed by atoms with Crippen LogP contribution in [0.15, 0.2) is 60.7 Å². The smallest absolute Gasteiger partial charge is 0.380 e. The minimum Gasteiger partial charge on any atom is -0.380 e. The summed E-state index contributed by atoms with van der Waals surface area (Å²) < 4.78 is 58.4. The van der Waals surface area contributed by atoms with Crippen molar-refractivity contribution < 1.29 is 31.9 Å². The first kappa shape index (κ1) is 22.1. The Labute approximate surface area is 191 Å². The highest BCUT2D eigenvalue weighted by molar-refractivity contribution is 6.07. The molecule has 3 aromatic rings. The molecule has 2 heterocycles. The van der Waals surface area contributed by atoms with Crippen LogP contribution in [-0.4, -0.2) is 25.0 Å². The van der Waals surface area contributed by atoms with Crippen molar-refractivity contribution in [1.82, 2.24) is 5.32 Å². The molecular weight excluding hydrogens is 452 g/mol. The number of fused-ring (bicyclic) bond motifs is 1. The van der Waals surface area contributed by atoms with E-state index < -0.39 is 35.1 Å². The average Bonchev–Trinajstić information content (AvgIpc) is 3.09. The third-order valence-corrected chi connectivity index (χ3v) is 6.04. The van der Waals surface area contributed by atoms with Crippen molar-refractivity contribution in [3.05, 3.63) is 99.9 Å². The van der Waals surface area contributed by atoms with Crippen LogP contribution in [0.5, 0.6) is 0 Å². The summed E-state index contributed by atoms with van der Waals surface area (Å²) in [6, 6.07) is 13.4. The molecule has 0 saturated carbocycles. The Kier molecular flexibility index (Phi) is 5.36. The summed E-state index contributed by atoms with van der Waals surface area (Å²) in [5.74, 6) is -2.25. The first-order valence-corrected chi connectivity index (χ1v) is 10.5. The molecule has 0 bridgehead atoms. The Hall–Kier alpha value is -3.72. The van der Waals surface area contributed by atoms with E-state index in [4.69, 9.17) is 4.74 Å². The molecule has 1 unspecified atom stereocenters. The second-order valence-corrected chi connectivity index (χ2v) is 8.22. The van der Waals surface area contributed by atoms with Crippen molar-refractivity contribution in [3.63, 3.8) is 0 Å². The zero-order valence-electron chi connectivity index (χ0n) is 17.6. The maximum atomic E-state index is 13.8. The fraction of sp³-hybridized carbons (Fsp3) is 0.200. The van der Waals surface area contributed by atoms with E-state index in [-0.39, 0.29) is 17.5 Å². The number of rotatable bonds is 4. The van der Waals surface area contributed by atoms with Gasteiger partial charge in [-0.25, -0.2) is 4.39 Å². The highest BCUT2D eigenvalue weighted by Crippen LogP contribution is 2.40. The normalized spacial score (nSPS) is 17.6. The van der Waals surface area contributed by atoms with E-state index in [9.17, 15) is 27.2 Å². The molecule has 2 aliphatic heterocycles. The molecule has 0 radical (unpaired) electrons. The molecule has 0 spiro atoms. The second kappa shape index (κ2) is 8.25. The van der Waals surface area contributed by atoms with E-state index in [2.05, 4.69) is 10.6 Å². The van der Waals surface area contributed by atoms with Crippen molar-refractivity contribution in [3.8, 4) is 0 Å². The molecule has 1 atom stereocenters. The Bertz CT molecular complexity index is 1300. The monoisotopic (exact) mass is 470 g/mol. The first-order valence-electron chi connectivity index (χ1n) is 10.5. The topological polar surface area (TPSA) is 67.4 Å². The summed E-state index contributed by atoms with van der Waals surface area (Å²) in [7, 11) is 0. The molecular formula is C25H18F4N2O3. The van der Waals surface area contributed by atoms with Crippen molar-refractivity contribution in [2.45, 2.75) is 18.1 Å². The van der Waals surface area contributed by atoms with Gasteiger partial charge >= 0.3 is 6.18 Å². The van der Waals surface area contributed by atoms with Gasteiger partial charge in [0, 0.05) is 28.3 Å². The van der Waals surface area contributed by atoms with E-state index in [1.807, 2.05) is 24.3 Å². The van der Waals surface area contributed by atoms with E-state index >= 15 is 0 Å². The summed E-state index contributed by atoms with van der Waals surface area (Å²) in [6.07, 6.45) is -4.80. The summed E-state index contributed by atoms with van der Waals surface area (Å²) in [4.78, 5) is 25.5. The van der Waals surface area contributed by atoms with Crippen LogP contribution in [0.4, 0.5) is 23.2 Å². The van der Waals surface area contributed by atoms with Crippen molar-refractivity contribution in [2.24, 2.45) is 0 Å². The van der Waals surface area contributed by atoms with E-state index in [0.717, 1.165) is 17.2 Å². The number of carbonyl (C=O) groups is 2. The molecule has 5 rings (SSSR count). The quantitative estimate of drug-likeness (QED) is 0.525. The van der Waals surface area contributed by atoms with Gasteiger partial charge in [0.1, 0.15) is 5.82 Å². The van der Waals surface area contributed by atoms with Crippen LogP contribution in [0, 0.1) is 5.82 Å². The van der Waals surface area contributed by atoms with Crippen LogP contribution in [0.1, 0.15) is 54.9 Å². The molecule has 2 aliphatic rings. The number of halogens is 4. The molecule has 2 N–H and O–H groups in total. The van der Waals surface area contributed by atoms with Gasteiger partial charge in [0.2, 0.25) is 0 Å². The molecule has 1 saturated heterocycles. The average molecular weight is 470 g/mol. The number of nitrogens with one attached hydrogen (secondary N) is 2. The zero-order valence-corrected chi connectivity index (χ0v) is 17.6. The SMILES string of the molecule is O=C(Nc1cccc2c1C(c1ccccc1C1COC1)NC2=O)c1cc(F)cc(C(F)(F)F)c1. The fourth-order valence-corrected chi connectivity index (χ4v) is 4.34. The molecule has 2 amide bonds. The minimum absolute atomic E-state index is 0.173. The molecule has 0 aliphatic carbocycles. The summed E-state index contributed by atoms with van der Waals surface area (Å²) in [5.41, 5.74) is 1.21. The number of alkyl halides is 3. The summed E-state index contributed by atoms with van der Waals surface area (Å²) in [5, 5.41) is 5.50. The van der Waals surface area contributed by atoms with E-state index in [0.29, 0.717) is 36.5 Å². The van der Waals surface area contributed by atoms with Gasteiger partial charge in [-0.15, -0.1) is 0 Å². The molecule has 34 heavy (non-hydrogen) atoms. The van der Waals surface area contributed by atoms with Crippen molar-refractivity contribution >= 4 is 17.5 Å². The third kappa shape index (κ3) is 3.92. The first-order chi connectivity index (χ1) is 16.2. The molecule has 3 aromatic carbocycles. The lowest BCUT2D eigenvalue weighted by Gasteiger charge is -2.30. The lowest BCUT2D eigenvalue weighted by atomic mass is 9.86. The second-order valence-electron chi connectivity index (χ2n) is 8.22. The number of anilines is 1. The summed E-state index contributed by atoms with van der Waals surface area (Å²) in [6.45, 7) is 1.12. The molecule has 5 nitrogen and oxygen atoms in total. The molecule has 9 heteroatoms. The maximum absolute atomic E-state index is 13.8. The van der Waals surface area contributed by atoms with Crippen LogP contribution in [0.25, 0.3) is 0 Å². The van der Waals surface area contributed by atoms with Crippen molar-refractivity contribution in [1.29, 1.82) is 0 Å². The Morgan fingerprint density at radius 2 is 1.74 bits per heavy atom. The molecule has 0 aromatic heterocycles. The highest BCUT2D eigenvalue weighted by atomic mass is 19.4. The van der Waals surface area contributed by atoms with Gasteiger partial charge in [0.15, 0.2) is 0 Å². The van der Waals surface area contributed by atoms with Crippen LogP contribution in [0.2, 0.25) is 0 Å². The Morgan fingerprint density at radius 1 is 1.00 bits per heavy atom.